The van der Waals surface area contributed by atoms with Crippen LogP contribution in [0.3, 0.4) is 0 Å². The number of carbonyl (C=O) groups is 2. The molecule has 0 radical (unpaired) electrons. The fourth-order valence-electron chi connectivity index (χ4n) is 2.55. The van der Waals surface area contributed by atoms with Gasteiger partial charge in [-0.2, -0.15) is 0 Å². The number of esters is 1. The highest BCUT2D eigenvalue weighted by Gasteiger charge is 2.28. The second-order valence-electron chi connectivity index (χ2n) is 5.54. The lowest BCUT2D eigenvalue weighted by atomic mass is 9.96. The highest BCUT2D eigenvalue weighted by atomic mass is 16.6. The van der Waals surface area contributed by atoms with Crippen molar-refractivity contribution >= 4 is 17.6 Å². The molecule has 0 atom stereocenters. The van der Waals surface area contributed by atoms with E-state index in [1.54, 1.807) is 4.90 Å². The molecule has 1 aliphatic rings. The second-order valence-corrected chi connectivity index (χ2v) is 5.54. The number of likely N-dealkylation sites (tertiary alicyclic amines) is 1. The van der Waals surface area contributed by atoms with Crippen LogP contribution in [0.25, 0.3) is 0 Å². The maximum atomic E-state index is 12.4. The molecule has 0 bridgehead atoms. The minimum absolute atomic E-state index is 0.0427. The van der Waals surface area contributed by atoms with E-state index >= 15 is 0 Å². The van der Waals surface area contributed by atoms with Gasteiger partial charge < -0.3 is 9.64 Å². The molecule has 124 valence electrons. The summed E-state index contributed by atoms with van der Waals surface area (Å²) in [4.78, 5) is 36.0. The van der Waals surface area contributed by atoms with E-state index < -0.39 is 4.92 Å². The van der Waals surface area contributed by atoms with Crippen molar-refractivity contribution in [1.29, 1.82) is 0 Å². The van der Waals surface area contributed by atoms with Crippen LogP contribution < -0.4 is 0 Å². The third kappa shape index (κ3) is 4.28. The maximum Gasteiger partial charge on any atom is 0.309 e. The molecule has 1 aliphatic heterocycles. The molecule has 23 heavy (non-hydrogen) atoms. The Kier molecular flexibility index (Phi) is 5.67. The highest BCUT2D eigenvalue weighted by molar-refractivity contribution is 5.94. The van der Waals surface area contributed by atoms with Crippen molar-refractivity contribution in [3.05, 3.63) is 39.9 Å². The second kappa shape index (κ2) is 7.71. The van der Waals surface area contributed by atoms with Gasteiger partial charge in [-0.05, 0) is 31.4 Å². The van der Waals surface area contributed by atoms with Gasteiger partial charge in [0.25, 0.3) is 11.6 Å². The summed E-state index contributed by atoms with van der Waals surface area (Å²) in [6.07, 6.45) is 1.96. The molecule has 0 aromatic heterocycles. The molecule has 1 aromatic rings. The van der Waals surface area contributed by atoms with Gasteiger partial charge in [-0.15, -0.1) is 0 Å². The fraction of sp³-hybridized carbons (Fsp3) is 0.500. The average Bonchev–Trinajstić information content (AvgIpc) is 2.59. The number of hydrogen-bond acceptors (Lipinski definition) is 5. The average molecular weight is 320 g/mol. The summed E-state index contributed by atoms with van der Waals surface area (Å²) in [5.41, 5.74) is 0.376. The zero-order valence-electron chi connectivity index (χ0n) is 13.1. The number of benzene rings is 1. The van der Waals surface area contributed by atoms with Crippen LogP contribution in [-0.2, 0) is 9.53 Å². The normalized spacial score (nSPS) is 15.3. The van der Waals surface area contributed by atoms with Gasteiger partial charge in [-0.25, -0.2) is 0 Å². The Balaban J connectivity index is 1.90. The van der Waals surface area contributed by atoms with Crippen LogP contribution in [0.5, 0.6) is 0 Å². The number of piperidine rings is 1. The van der Waals surface area contributed by atoms with E-state index in [9.17, 15) is 19.7 Å². The molecule has 7 nitrogen and oxygen atoms in total. The van der Waals surface area contributed by atoms with E-state index in [0.29, 0.717) is 38.1 Å². The first kappa shape index (κ1) is 16.9. The monoisotopic (exact) mass is 320 g/mol. The van der Waals surface area contributed by atoms with Crippen LogP contribution in [0.4, 0.5) is 5.69 Å². The molecule has 1 saturated heterocycles. The summed E-state index contributed by atoms with van der Waals surface area (Å²) in [6.45, 7) is 3.35. The molecule has 1 amide bonds. The molecule has 1 aromatic carbocycles. The molecule has 2 rings (SSSR count). The molecule has 0 aliphatic carbocycles. The number of rotatable bonds is 5. The lowest BCUT2D eigenvalue weighted by Gasteiger charge is -2.31. The van der Waals surface area contributed by atoms with Gasteiger partial charge >= 0.3 is 5.97 Å². The Hall–Kier alpha value is -2.44. The largest absolute Gasteiger partial charge is 0.465 e. The summed E-state index contributed by atoms with van der Waals surface area (Å²) in [7, 11) is 0. The lowest BCUT2D eigenvalue weighted by Crippen LogP contribution is -2.40. The highest BCUT2D eigenvalue weighted by Crippen LogP contribution is 2.21. The zero-order valence-corrected chi connectivity index (χ0v) is 13.1. The minimum atomic E-state index is -0.498. The molecule has 0 N–H and O–H groups in total. The van der Waals surface area contributed by atoms with Crippen LogP contribution in [0, 0.1) is 16.0 Å². The molecule has 1 heterocycles. The third-order valence-corrected chi connectivity index (χ3v) is 3.89. The first-order valence-corrected chi connectivity index (χ1v) is 7.73. The number of carbonyl (C=O) groups excluding carboxylic acids is 2. The Morgan fingerprint density at radius 3 is 2.39 bits per heavy atom. The van der Waals surface area contributed by atoms with Crippen LogP contribution in [-0.4, -0.2) is 41.4 Å². The summed E-state index contributed by atoms with van der Waals surface area (Å²) >= 11 is 0. The van der Waals surface area contributed by atoms with Crippen molar-refractivity contribution in [1.82, 2.24) is 4.90 Å². The van der Waals surface area contributed by atoms with Crippen LogP contribution >= 0.6 is 0 Å². The molecular formula is C16H20N2O5. The number of ether oxygens (including phenoxy) is 1. The fourth-order valence-corrected chi connectivity index (χ4v) is 2.55. The smallest absolute Gasteiger partial charge is 0.309 e. The van der Waals surface area contributed by atoms with E-state index in [4.69, 9.17) is 4.74 Å². The van der Waals surface area contributed by atoms with E-state index in [1.165, 1.54) is 24.3 Å². The molecule has 1 fully saturated rings. The van der Waals surface area contributed by atoms with Gasteiger partial charge in [0, 0.05) is 30.8 Å². The number of nitro benzene ring substituents is 1. The van der Waals surface area contributed by atoms with Crippen molar-refractivity contribution in [2.45, 2.75) is 26.2 Å². The van der Waals surface area contributed by atoms with E-state index in [1.807, 2.05) is 6.92 Å². The zero-order chi connectivity index (χ0) is 16.8. The van der Waals surface area contributed by atoms with Gasteiger partial charge in [0.1, 0.15) is 0 Å². The first-order valence-electron chi connectivity index (χ1n) is 7.73. The third-order valence-electron chi connectivity index (χ3n) is 3.89. The van der Waals surface area contributed by atoms with Gasteiger partial charge in [-0.1, -0.05) is 6.92 Å². The van der Waals surface area contributed by atoms with Gasteiger partial charge in [0.15, 0.2) is 0 Å². The topological polar surface area (TPSA) is 89.8 Å². The lowest BCUT2D eigenvalue weighted by molar-refractivity contribution is -0.384. The summed E-state index contributed by atoms with van der Waals surface area (Å²) in [5.74, 6) is -0.503. The van der Waals surface area contributed by atoms with Crippen molar-refractivity contribution in [2.24, 2.45) is 5.92 Å². The number of hydrogen-bond donors (Lipinski definition) is 0. The van der Waals surface area contributed by atoms with Crippen molar-refractivity contribution in [3.8, 4) is 0 Å². The molecule has 7 heteroatoms. The summed E-state index contributed by atoms with van der Waals surface area (Å²) in [5, 5.41) is 10.6. The number of nitrogens with zero attached hydrogens (tertiary/aromatic N) is 2. The van der Waals surface area contributed by atoms with E-state index in [2.05, 4.69) is 0 Å². The summed E-state index contributed by atoms with van der Waals surface area (Å²) < 4.78 is 5.14. The Bertz CT molecular complexity index is 577. The van der Waals surface area contributed by atoms with Crippen molar-refractivity contribution in [3.63, 3.8) is 0 Å². The van der Waals surface area contributed by atoms with Gasteiger partial charge in [0.05, 0.1) is 17.4 Å². The van der Waals surface area contributed by atoms with Crippen LogP contribution in [0.1, 0.15) is 36.5 Å². The summed E-state index contributed by atoms with van der Waals surface area (Å²) in [6, 6.07) is 5.56. The minimum Gasteiger partial charge on any atom is -0.465 e. The van der Waals surface area contributed by atoms with Gasteiger partial charge in [0.2, 0.25) is 0 Å². The quantitative estimate of drug-likeness (QED) is 0.472. The van der Waals surface area contributed by atoms with Crippen molar-refractivity contribution in [2.75, 3.05) is 19.7 Å². The maximum absolute atomic E-state index is 12.4. The molecule has 0 spiro atoms. The number of amides is 1. The van der Waals surface area contributed by atoms with Crippen LogP contribution in [0.15, 0.2) is 24.3 Å². The predicted octanol–water partition coefficient (Wildman–Crippen LogP) is 2.40. The molecule has 0 unspecified atom stereocenters. The Labute approximate surface area is 134 Å². The van der Waals surface area contributed by atoms with Crippen LogP contribution in [0.2, 0.25) is 0 Å². The SMILES string of the molecule is CCCOC(=O)C1CCN(C(=O)c2ccc([N+](=O)[O-])cc2)CC1. The number of nitro groups is 1. The van der Waals surface area contributed by atoms with Crippen molar-refractivity contribution < 1.29 is 19.2 Å². The Morgan fingerprint density at radius 2 is 1.87 bits per heavy atom. The number of non-ortho nitro benzene ring substituents is 1. The molecular weight excluding hydrogens is 300 g/mol. The predicted molar refractivity (Wildman–Crippen MR) is 83.0 cm³/mol. The molecule has 0 saturated carbocycles. The van der Waals surface area contributed by atoms with E-state index in [0.717, 1.165) is 6.42 Å². The standard InChI is InChI=1S/C16H20N2O5/c1-2-11-23-16(20)13-7-9-17(10-8-13)15(19)12-3-5-14(6-4-12)18(21)22/h3-6,13H,2,7-11H2,1H3. The van der Waals surface area contributed by atoms with Gasteiger partial charge in [-0.3, -0.25) is 19.7 Å². The van der Waals surface area contributed by atoms with E-state index in [-0.39, 0.29) is 23.5 Å². The first-order chi connectivity index (χ1) is 11.0. The Morgan fingerprint density at radius 1 is 1.26 bits per heavy atom.